The highest BCUT2D eigenvalue weighted by Gasteiger charge is 2.05. The Morgan fingerprint density at radius 3 is 2.57 bits per heavy atom. The van der Waals surface area contributed by atoms with Crippen LogP contribution in [0.1, 0.15) is 25.3 Å². The maximum Gasteiger partial charge on any atom is 0.0263 e. The first-order chi connectivity index (χ1) is 6.84. The molecule has 1 aromatic rings. The molecule has 1 aliphatic heterocycles. The van der Waals surface area contributed by atoms with Crippen LogP contribution in [0.15, 0.2) is 47.1 Å². The van der Waals surface area contributed by atoms with E-state index in [-0.39, 0.29) is 0 Å². The predicted octanol–water partition coefficient (Wildman–Crippen LogP) is 3.37. The number of hydrogen-bond donors (Lipinski definition) is 0. The van der Waals surface area contributed by atoms with Gasteiger partial charge >= 0.3 is 0 Å². The minimum Gasteiger partial charge on any atom is -0.266 e. The average Bonchev–Trinajstić information content (AvgIpc) is 2.63. The van der Waals surface area contributed by atoms with E-state index in [1.807, 2.05) is 6.20 Å². The molecule has 1 nitrogen and oxygen atoms in total. The summed E-state index contributed by atoms with van der Waals surface area (Å²) >= 11 is 0. The molecule has 1 aromatic carbocycles. The molecule has 0 saturated heterocycles. The van der Waals surface area contributed by atoms with Crippen LogP contribution in [0.25, 0.3) is 0 Å². The van der Waals surface area contributed by atoms with Gasteiger partial charge in [-0.2, -0.15) is 0 Å². The maximum atomic E-state index is 4.28. The monoisotopic (exact) mass is 185 g/mol. The van der Waals surface area contributed by atoms with E-state index in [0.717, 1.165) is 19.3 Å². The summed E-state index contributed by atoms with van der Waals surface area (Å²) in [4.78, 5) is 4.28. The molecule has 0 atom stereocenters. The number of rotatable bonds is 3. The first kappa shape index (κ1) is 9.20. The van der Waals surface area contributed by atoms with E-state index >= 15 is 0 Å². The molecular formula is C13H15N. The molecule has 2 rings (SSSR count). The van der Waals surface area contributed by atoms with Gasteiger partial charge in [0.2, 0.25) is 0 Å². The lowest BCUT2D eigenvalue weighted by atomic mass is 10.0. The molecular weight excluding hydrogens is 170 g/mol. The minimum atomic E-state index is 1.08. The Morgan fingerprint density at radius 2 is 1.93 bits per heavy atom. The Bertz CT molecular complexity index is 360. The van der Waals surface area contributed by atoms with Gasteiger partial charge in [-0.1, -0.05) is 30.3 Å². The number of nitrogens with zero attached hydrogens (tertiary/aromatic N) is 1. The molecule has 14 heavy (non-hydrogen) atoms. The lowest BCUT2D eigenvalue weighted by molar-refractivity contribution is 0.926. The van der Waals surface area contributed by atoms with E-state index < -0.39 is 0 Å². The molecule has 0 N–H and O–H groups in total. The fourth-order valence-electron chi connectivity index (χ4n) is 1.72. The SMILES string of the molecule is CC1=NC=C(CCc2ccccc2)C1. The van der Waals surface area contributed by atoms with Crippen molar-refractivity contribution in [2.24, 2.45) is 4.99 Å². The third-order valence-electron chi connectivity index (χ3n) is 2.53. The Kier molecular flexibility index (Phi) is 2.78. The molecule has 0 radical (unpaired) electrons. The summed E-state index contributed by atoms with van der Waals surface area (Å²) in [5.41, 5.74) is 4.12. The normalized spacial score (nSPS) is 15.2. The zero-order chi connectivity index (χ0) is 9.80. The summed E-state index contributed by atoms with van der Waals surface area (Å²) < 4.78 is 0. The second kappa shape index (κ2) is 4.23. The second-order valence-corrected chi connectivity index (χ2v) is 3.81. The smallest absolute Gasteiger partial charge is 0.0263 e. The second-order valence-electron chi connectivity index (χ2n) is 3.81. The zero-order valence-corrected chi connectivity index (χ0v) is 8.53. The highest BCUT2D eigenvalue weighted by molar-refractivity contribution is 5.86. The van der Waals surface area contributed by atoms with Gasteiger partial charge in [-0.05, 0) is 30.9 Å². The number of aryl methyl sites for hydroxylation is 1. The number of hydrogen-bond acceptors (Lipinski definition) is 1. The summed E-state index contributed by atoms with van der Waals surface area (Å²) in [6.45, 7) is 2.09. The summed E-state index contributed by atoms with van der Waals surface area (Å²) in [5.74, 6) is 0. The van der Waals surface area contributed by atoms with Crippen LogP contribution in [0.5, 0.6) is 0 Å². The molecule has 0 aromatic heterocycles. The quantitative estimate of drug-likeness (QED) is 0.684. The number of allylic oxidation sites excluding steroid dienone is 1. The lowest BCUT2D eigenvalue weighted by Gasteiger charge is -2.01. The van der Waals surface area contributed by atoms with Crippen LogP contribution in [-0.2, 0) is 6.42 Å². The summed E-state index contributed by atoms with van der Waals surface area (Å²) in [7, 11) is 0. The van der Waals surface area contributed by atoms with E-state index in [9.17, 15) is 0 Å². The van der Waals surface area contributed by atoms with Gasteiger partial charge < -0.3 is 0 Å². The van der Waals surface area contributed by atoms with Crippen molar-refractivity contribution in [2.75, 3.05) is 0 Å². The van der Waals surface area contributed by atoms with Crippen molar-refractivity contribution < 1.29 is 0 Å². The van der Waals surface area contributed by atoms with Crippen molar-refractivity contribution in [1.82, 2.24) is 0 Å². The van der Waals surface area contributed by atoms with Crippen molar-refractivity contribution in [3.05, 3.63) is 47.7 Å². The molecule has 0 spiro atoms. The van der Waals surface area contributed by atoms with Crippen molar-refractivity contribution in [1.29, 1.82) is 0 Å². The van der Waals surface area contributed by atoms with Crippen LogP contribution in [0.2, 0.25) is 0 Å². The van der Waals surface area contributed by atoms with Gasteiger partial charge in [0.1, 0.15) is 0 Å². The topological polar surface area (TPSA) is 12.4 Å². The van der Waals surface area contributed by atoms with E-state index in [0.29, 0.717) is 0 Å². The third-order valence-corrected chi connectivity index (χ3v) is 2.53. The van der Waals surface area contributed by atoms with Crippen molar-refractivity contribution in [3.63, 3.8) is 0 Å². The van der Waals surface area contributed by atoms with Gasteiger partial charge in [-0.15, -0.1) is 0 Å². The highest BCUT2D eigenvalue weighted by Crippen LogP contribution is 2.17. The van der Waals surface area contributed by atoms with Gasteiger partial charge in [0.25, 0.3) is 0 Å². The molecule has 1 heteroatoms. The van der Waals surface area contributed by atoms with Crippen molar-refractivity contribution >= 4 is 5.71 Å². The molecule has 0 saturated carbocycles. The van der Waals surface area contributed by atoms with Crippen LogP contribution >= 0.6 is 0 Å². The van der Waals surface area contributed by atoms with Crippen molar-refractivity contribution in [3.8, 4) is 0 Å². The van der Waals surface area contributed by atoms with E-state index in [1.165, 1.54) is 16.8 Å². The molecule has 72 valence electrons. The van der Waals surface area contributed by atoms with Crippen LogP contribution in [-0.4, -0.2) is 5.71 Å². The van der Waals surface area contributed by atoms with Crippen molar-refractivity contribution in [2.45, 2.75) is 26.2 Å². The van der Waals surface area contributed by atoms with E-state index in [2.05, 4.69) is 42.2 Å². The molecule has 0 amide bonds. The first-order valence-electron chi connectivity index (χ1n) is 5.10. The van der Waals surface area contributed by atoms with Gasteiger partial charge in [0.05, 0.1) is 0 Å². The molecule has 0 bridgehead atoms. The predicted molar refractivity (Wildman–Crippen MR) is 60.6 cm³/mol. The minimum absolute atomic E-state index is 1.08. The fraction of sp³-hybridized carbons (Fsp3) is 0.308. The fourth-order valence-corrected chi connectivity index (χ4v) is 1.72. The highest BCUT2D eigenvalue weighted by atomic mass is 14.7. The molecule has 1 aliphatic rings. The lowest BCUT2D eigenvalue weighted by Crippen LogP contribution is -1.91. The van der Waals surface area contributed by atoms with Crippen LogP contribution in [0.4, 0.5) is 0 Å². The van der Waals surface area contributed by atoms with Gasteiger partial charge in [0, 0.05) is 18.3 Å². The maximum absolute atomic E-state index is 4.28. The summed E-state index contributed by atoms with van der Waals surface area (Å²) in [5, 5.41) is 0. The Hall–Kier alpha value is -1.37. The molecule has 0 aliphatic carbocycles. The van der Waals surface area contributed by atoms with Gasteiger partial charge in [-0.3, -0.25) is 4.99 Å². The number of benzene rings is 1. The summed E-state index contributed by atoms with van der Waals surface area (Å²) in [6.07, 6.45) is 5.38. The number of aliphatic imine (C=N–C) groups is 1. The van der Waals surface area contributed by atoms with Crippen LogP contribution in [0.3, 0.4) is 0 Å². The Labute approximate surface area is 85.2 Å². The average molecular weight is 185 g/mol. The van der Waals surface area contributed by atoms with Crippen LogP contribution < -0.4 is 0 Å². The molecule has 0 unspecified atom stereocenters. The van der Waals surface area contributed by atoms with Gasteiger partial charge in [-0.25, -0.2) is 0 Å². The Balaban J connectivity index is 1.85. The Morgan fingerprint density at radius 1 is 1.14 bits per heavy atom. The van der Waals surface area contributed by atoms with E-state index in [4.69, 9.17) is 0 Å². The first-order valence-corrected chi connectivity index (χ1v) is 5.10. The van der Waals surface area contributed by atoms with E-state index in [1.54, 1.807) is 0 Å². The standard InChI is InChI=1S/C13H15N/c1-11-9-13(10-14-11)8-7-12-5-3-2-4-6-12/h2-6,10H,7-9H2,1H3. The van der Waals surface area contributed by atoms with Gasteiger partial charge in [0.15, 0.2) is 0 Å². The molecule has 1 heterocycles. The molecule has 0 fully saturated rings. The zero-order valence-electron chi connectivity index (χ0n) is 8.53. The summed E-state index contributed by atoms with van der Waals surface area (Å²) in [6, 6.07) is 10.6. The largest absolute Gasteiger partial charge is 0.266 e. The third kappa shape index (κ3) is 2.32. The van der Waals surface area contributed by atoms with Crippen LogP contribution in [0, 0.1) is 0 Å².